The normalized spacial score (nSPS) is 24.3. The molecule has 0 radical (unpaired) electrons. The van der Waals surface area contributed by atoms with E-state index in [1.165, 1.54) is 42.7 Å². The minimum absolute atomic E-state index is 0.549. The molecule has 5 heterocycles. The van der Waals surface area contributed by atoms with Gasteiger partial charge in [-0.2, -0.15) is 0 Å². The third-order valence-corrected chi connectivity index (χ3v) is 6.81. The van der Waals surface area contributed by atoms with Gasteiger partial charge in [0.25, 0.3) is 0 Å². The number of ether oxygens (including phenoxy) is 1. The summed E-state index contributed by atoms with van der Waals surface area (Å²) in [5.41, 5.74) is 6.37. The van der Waals surface area contributed by atoms with E-state index >= 15 is 0 Å². The average molecular weight is 351 g/mol. The van der Waals surface area contributed by atoms with Crippen molar-refractivity contribution >= 4 is 16.8 Å². The highest BCUT2D eigenvalue weighted by Gasteiger charge is 2.51. The quantitative estimate of drug-likeness (QED) is 0.771. The van der Waals surface area contributed by atoms with Crippen LogP contribution in [0, 0.1) is 5.41 Å². The molecule has 0 unspecified atom stereocenters. The number of hydrogen-bond acceptors (Lipinski definition) is 4. The number of nitrogens with one attached hydrogen (secondary N) is 1. The van der Waals surface area contributed by atoms with E-state index in [9.17, 15) is 0 Å². The maximum absolute atomic E-state index is 5.55. The van der Waals surface area contributed by atoms with Gasteiger partial charge < -0.3 is 14.6 Å². The van der Waals surface area contributed by atoms with E-state index in [1.807, 2.05) is 6.20 Å². The van der Waals surface area contributed by atoms with E-state index in [-0.39, 0.29) is 0 Å². The van der Waals surface area contributed by atoms with Gasteiger partial charge in [0.1, 0.15) is 0 Å². The van der Waals surface area contributed by atoms with E-state index in [1.54, 1.807) is 0 Å². The summed E-state index contributed by atoms with van der Waals surface area (Å²) in [7, 11) is 2.22. The Balaban J connectivity index is 1.38. The van der Waals surface area contributed by atoms with Gasteiger partial charge in [-0.15, -0.1) is 0 Å². The number of aromatic amines is 1. The van der Waals surface area contributed by atoms with E-state index in [2.05, 4.69) is 38.7 Å². The van der Waals surface area contributed by atoms with Crippen LogP contribution in [0.4, 0.5) is 0 Å². The van der Waals surface area contributed by atoms with Gasteiger partial charge in [0.15, 0.2) is 11.3 Å². The predicted octanol–water partition coefficient (Wildman–Crippen LogP) is 2.91. The molecule has 26 heavy (non-hydrogen) atoms. The molecule has 136 valence electrons. The molecule has 6 rings (SSSR count). The number of H-pyrrole nitrogens is 1. The fourth-order valence-electron chi connectivity index (χ4n) is 5.65. The molecule has 6 heteroatoms. The summed E-state index contributed by atoms with van der Waals surface area (Å²) in [6.07, 6.45) is 11.1. The van der Waals surface area contributed by atoms with Gasteiger partial charge in [-0.05, 0) is 49.6 Å². The topological polar surface area (TPSA) is 58.5 Å². The lowest BCUT2D eigenvalue weighted by molar-refractivity contribution is -0.0591. The second kappa shape index (κ2) is 5.30. The van der Waals surface area contributed by atoms with Gasteiger partial charge in [0.05, 0.1) is 17.4 Å². The summed E-state index contributed by atoms with van der Waals surface area (Å²) in [6, 6.07) is 0. The van der Waals surface area contributed by atoms with Crippen LogP contribution in [0.25, 0.3) is 16.8 Å². The summed E-state index contributed by atoms with van der Waals surface area (Å²) in [5, 5.41) is 0. The molecule has 1 spiro atoms. The van der Waals surface area contributed by atoms with Gasteiger partial charge in [0, 0.05) is 44.6 Å². The highest BCUT2D eigenvalue weighted by molar-refractivity contribution is 5.79. The van der Waals surface area contributed by atoms with Crippen LogP contribution < -0.4 is 0 Å². The molecule has 3 aliphatic rings. The van der Waals surface area contributed by atoms with Crippen LogP contribution in [0.15, 0.2) is 18.6 Å². The maximum atomic E-state index is 5.55. The van der Waals surface area contributed by atoms with Crippen molar-refractivity contribution in [3.63, 3.8) is 0 Å². The zero-order valence-corrected chi connectivity index (χ0v) is 15.2. The fraction of sp³-hybridized carbons (Fsp3) is 0.600. The first-order chi connectivity index (χ1) is 12.7. The third-order valence-electron chi connectivity index (χ3n) is 6.81. The van der Waals surface area contributed by atoms with Gasteiger partial charge >= 0.3 is 0 Å². The zero-order chi connectivity index (χ0) is 17.3. The first-order valence-electron chi connectivity index (χ1n) is 9.82. The molecule has 1 N–H and O–H groups in total. The van der Waals surface area contributed by atoms with E-state index < -0.39 is 0 Å². The van der Waals surface area contributed by atoms with Crippen molar-refractivity contribution in [2.45, 2.75) is 37.5 Å². The molecule has 1 saturated carbocycles. The molecular weight excluding hydrogens is 326 g/mol. The Morgan fingerprint density at radius 1 is 1.19 bits per heavy atom. The summed E-state index contributed by atoms with van der Waals surface area (Å²) in [4.78, 5) is 15.4. The lowest BCUT2D eigenvalue weighted by Crippen LogP contribution is -2.60. The molecule has 0 bridgehead atoms. The fourth-order valence-corrected chi connectivity index (χ4v) is 5.65. The Kier molecular flexibility index (Phi) is 3.09. The Hall–Kier alpha value is -1.92. The van der Waals surface area contributed by atoms with E-state index in [4.69, 9.17) is 9.72 Å². The Labute approximate surface area is 152 Å². The van der Waals surface area contributed by atoms with Gasteiger partial charge in [-0.3, -0.25) is 4.40 Å². The van der Waals surface area contributed by atoms with Crippen LogP contribution in [0.2, 0.25) is 0 Å². The molecule has 2 saturated heterocycles. The largest absolute Gasteiger partial charge is 0.381 e. The average Bonchev–Trinajstić information content (AvgIpc) is 3.20. The second-order valence-electron chi connectivity index (χ2n) is 8.76. The van der Waals surface area contributed by atoms with Crippen molar-refractivity contribution in [1.29, 1.82) is 0 Å². The lowest BCUT2D eigenvalue weighted by Gasteiger charge is -2.58. The molecule has 0 amide bonds. The van der Waals surface area contributed by atoms with Crippen LogP contribution in [0.5, 0.6) is 0 Å². The number of nitrogens with zero attached hydrogens (tertiary/aromatic N) is 4. The third kappa shape index (κ3) is 2.12. The number of rotatable bonds is 2. The molecule has 3 fully saturated rings. The van der Waals surface area contributed by atoms with Crippen molar-refractivity contribution in [3.8, 4) is 0 Å². The molecular formula is C20H25N5O. The Morgan fingerprint density at radius 3 is 2.77 bits per heavy atom. The molecule has 6 nitrogen and oxygen atoms in total. The number of hydrogen-bond donors (Lipinski definition) is 1. The van der Waals surface area contributed by atoms with Crippen LogP contribution in [0.3, 0.4) is 0 Å². The monoisotopic (exact) mass is 351 g/mol. The zero-order valence-electron chi connectivity index (χ0n) is 15.2. The SMILES string of the molecule is CN1CC2(CC(c3cn4c(cnc5[nH]cc(C6CCOCC6)c54)n3)C2)C1. The van der Waals surface area contributed by atoms with Crippen LogP contribution in [-0.4, -0.2) is 57.6 Å². The first kappa shape index (κ1) is 15.2. The molecule has 1 aliphatic carbocycles. The Bertz CT molecular complexity index is 969. The minimum atomic E-state index is 0.549. The lowest BCUT2D eigenvalue weighted by atomic mass is 9.57. The van der Waals surface area contributed by atoms with Crippen molar-refractivity contribution in [1.82, 2.24) is 24.3 Å². The number of imidazole rings is 1. The summed E-state index contributed by atoms with van der Waals surface area (Å²) in [5.74, 6) is 1.16. The van der Waals surface area contributed by atoms with E-state index in [0.29, 0.717) is 17.3 Å². The van der Waals surface area contributed by atoms with Crippen LogP contribution >= 0.6 is 0 Å². The summed E-state index contributed by atoms with van der Waals surface area (Å²) >= 11 is 0. The smallest absolute Gasteiger partial charge is 0.156 e. The first-order valence-corrected chi connectivity index (χ1v) is 9.82. The second-order valence-corrected chi connectivity index (χ2v) is 8.76. The van der Waals surface area contributed by atoms with Gasteiger partial charge in [0.2, 0.25) is 0 Å². The van der Waals surface area contributed by atoms with Crippen LogP contribution in [-0.2, 0) is 4.74 Å². The van der Waals surface area contributed by atoms with Crippen LogP contribution in [0.1, 0.15) is 48.8 Å². The van der Waals surface area contributed by atoms with Gasteiger partial charge in [-0.25, -0.2) is 9.97 Å². The number of fused-ring (bicyclic) bond motifs is 3. The Morgan fingerprint density at radius 2 is 2.00 bits per heavy atom. The minimum Gasteiger partial charge on any atom is -0.381 e. The van der Waals surface area contributed by atoms with Crippen molar-refractivity contribution in [2.24, 2.45) is 5.41 Å². The van der Waals surface area contributed by atoms with E-state index in [0.717, 1.165) is 37.3 Å². The number of likely N-dealkylation sites (tertiary alicyclic amines) is 1. The van der Waals surface area contributed by atoms with Crippen molar-refractivity contribution < 1.29 is 4.74 Å². The van der Waals surface area contributed by atoms with Gasteiger partial charge in [-0.1, -0.05) is 0 Å². The van der Waals surface area contributed by atoms with Crippen molar-refractivity contribution in [2.75, 3.05) is 33.4 Å². The number of aromatic nitrogens is 4. The molecule has 3 aromatic heterocycles. The van der Waals surface area contributed by atoms with Crippen molar-refractivity contribution in [3.05, 3.63) is 29.8 Å². The standard InChI is InChI=1S/C20H25N5O/c1-24-11-20(12-24)6-14(7-20)16-10-25-17(23-16)9-22-19-18(25)15(8-21-19)13-2-4-26-5-3-13/h8-10,13-14,21H,2-7,11-12H2,1H3. The highest BCUT2D eigenvalue weighted by Crippen LogP contribution is 2.55. The summed E-state index contributed by atoms with van der Waals surface area (Å²) < 4.78 is 7.82. The molecule has 0 aromatic carbocycles. The maximum Gasteiger partial charge on any atom is 0.156 e. The predicted molar refractivity (Wildman–Crippen MR) is 99.5 cm³/mol. The molecule has 2 aliphatic heterocycles. The summed E-state index contributed by atoms with van der Waals surface area (Å²) in [6.45, 7) is 4.23. The molecule has 0 atom stereocenters. The molecule has 3 aromatic rings. The highest BCUT2D eigenvalue weighted by atomic mass is 16.5.